The largest absolute Gasteiger partial charge is 0.470 e. The van der Waals surface area contributed by atoms with E-state index in [0.717, 1.165) is 25.4 Å². The van der Waals surface area contributed by atoms with Gasteiger partial charge < -0.3 is 14.5 Å². The van der Waals surface area contributed by atoms with Gasteiger partial charge in [0.2, 0.25) is 5.90 Å². The molecule has 0 amide bonds. The molecular weight excluding hydrogens is 230 g/mol. The number of hydrogen-bond donors (Lipinski definition) is 0. The van der Waals surface area contributed by atoms with Crippen molar-refractivity contribution in [2.75, 3.05) is 46.9 Å². The summed E-state index contributed by atoms with van der Waals surface area (Å²) in [6.45, 7) is 4.90. The highest BCUT2D eigenvalue weighted by Crippen LogP contribution is 2.13. The molecule has 1 fully saturated rings. The quantitative estimate of drug-likeness (QED) is 0.738. The van der Waals surface area contributed by atoms with Gasteiger partial charge in [-0.3, -0.25) is 4.90 Å². The second kappa shape index (κ2) is 6.95. The molecule has 2 aliphatic rings. The first-order valence-corrected chi connectivity index (χ1v) is 6.96. The Morgan fingerprint density at radius 2 is 2.06 bits per heavy atom. The van der Waals surface area contributed by atoms with Crippen molar-refractivity contribution in [3.63, 3.8) is 0 Å². The number of oxime groups is 1. The summed E-state index contributed by atoms with van der Waals surface area (Å²) in [4.78, 5) is 9.89. The second-order valence-electron chi connectivity index (χ2n) is 5.44. The predicted octanol–water partition coefficient (Wildman–Crippen LogP) is 1.15. The summed E-state index contributed by atoms with van der Waals surface area (Å²) in [6, 6.07) is 0. The molecule has 18 heavy (non-hydrogen) atoms. The van der Waals surface area contributed by atoms with Crippen LogP contribution in [0.1, 0.15) is 25.7 Å². The molecule has 5 heteroatoms. The maximum atomic E-state index is 5.90. The van der Waals surface area contributed by atoms with Gasteiger partial charge in [0.15, 0.2) is 6.61 Å². The number of piperidine rings is 1. The Balaban J connectivity index is 1.72. The van der Waals surface area contributed by atoms with Crippen molar-refractivity contribution in [1.82, 2.24) is 9.80 Å². The summed E-state index contributed by atoms with van der Waals surface area (Å²) in [5.74, 6) is 0.747. The summed E-state index contributed by atoms with van der Waals surface area (Å²) < 4.78 is 5.90. The Kier molecular flexibility index (Phi) is 5.26. The lowest BCUT2D eigenvalue weighted by molar-refractivity contribution is -0.0120. The fraction of sp³-hybridized carbons (Fsp3) is 0.923. The highest BCUT2D eigenvalue weighted by atomic mass is 16.7. The molecule has 5 nitrogen and oxygen atoms in total. The van der Waals surface area contributed by atoms with Gasteiger partial charge >= 0.3 is 0 Å². The van der Waals surface area contributed by atoms with Crippen molar-refractivity contribution in [3.8, 4) is 0 Å². The lowest BCUT2D eigenvalue weighted by atomic mass is 10.1. The molecule has 0 aliphatic carbocycles. The van der Waals surface area contributed by atoms with Crippen LogP contribution in [0.5, 0.6) is 0 Å². The minimum absolute atomic E-state index is 0.151. The van der Waals surface area contributed by atoms with E-state index in [1.807, 2.05) is 0 Å². The van der Waals surface area contributed by atoms with Crippen molar-refractivity contribution in [1.29, 1.82) is 0 Å². The Bertz CT molecular complexity index is 275. The Labute approximate surface area is 110 Å². The van der Waals surface area contributed by atoms with Gasteiger partial charge in [-0.25, -0.2) is 0 Å². The van der Waals surface area contributed by atoms with E-state index < -0.39 is 0 Å². The highest BCUT2D eigenvalue weighted by Gasteiger charge is 2.23. The number of ether oxygens (including phenoxy) is 1. The van der Waals surface area contributed by atoms with Crippen LogP contribution < -0.4 is 0 Å². The first-order valence-electron chi connectivity index (χ1n) is 6.96. The van der Waals surface area contributed by atoms with E-state index in [9.17, 15) is 0 Å². The van der Waals surface area contributed by atoms with Gasteiger partial charge in [-0.2, -0.15) is 0 Å². The van der Waals surface area contributed by atoms with E-state index in [1.54, 1.807) is 0 Å². The van der Waals surface area contributed by atoms with E-state index >= 15 is 0 Å². The third-order valence-corrected chi connectivity index (χ3v) is 3.41. The molecule has 0 radical (unpaired) electrons. The molecule has 0 spiro atoms. The third kappa shape index (κ3) is 4.46. The normalized spacial score (nSPS) is 25.5. The van der Waals surface area contributed by atoms with E-state index in [-0.39, 0.29) is 6.10 Å². The van der Waals surface area contributed by atoms with Crippen molar-refractivity contribution in [2.45, 2.75) is 31.8 Å². The fourth-order valence-electron chi connectivity index (χ4n) is 2.38. The monoisotopic (exact) mass is 255 g/mol. The molecule has 0 saturated carbocycles. The first-order chi connectivity index (χ1) is 8.74. The number of likely N-dealkylation sites (tertiary alicyclic amines) is 1. The molecule has 104 valence electrons. The van der Waals surface area contributed by atoms with Gasteiger partial charge in [0.25, 0.3) is 0 Å². The average Bonchev–Trinajstić information content (AvgIpc) is 2.38. The van der Waals surface area contributed by atoms with Gasteiger partial charge in [0, 0.05) is 19.5 Å². The number of rotatable bonds is 5. The highest BCUT2D eigenvalue weighted by molar-refractivity contribution is 5.76. The van der Waals surface area contributed by atoms with Gasteiger partial charge in [0.1, 0.15) is 6.10 Å². The topological polar surface area (TPSA) is 37.3 Å². The number of nitrogens with zero attached hydrogens (tertiary/aromatic N) is 3. The van der Waals surface area contributed by atoms with Crippen LogP contribution in [0.4, 0.5) is 0 Å². The zero-order chi connectivity index (χ0) is 12.8. The summed E-state index contributed by atoms with van der Waals surface area (Å²) >= 11 is 0. The van der Waals surface area contributed by atoms with Gasteiger partial charge in [0.05, 0.1) is 0 Å². The van der Waals surface area contributed by atoms with Gasteiger partial charge in [-0.1, -0.05) is 11.6 Å². The molecule has 0 N–H and O–H groups in total. The third-order valence-electron chi connectivity index (χ3n) is 3.41. The van der Waals surface area contributed by atoms with E-state index in [1.165, 1.54) is 32.4 Å². The summed E-state index contributed by atoms with van der Waals surface area (Å²) in [5.41, 5.74) is 0. The molecular formula is C13H25N3O2. The molecule has 2 heterocycles. The molecule has 0 aromatic carbocycles. The zero-order valence-corrected chi connectivity index (χ0v) is 11.6. The Morgan fingerprint density at radius 3 is 2.78 bits per heavy atom. The minimum atomic E-state index is 0.151. The Morgan fingerprint density at radius 1 is 1.28 bits per heavy atom. The maximum Gasteiger partial charge on any atom is 0.227 e. The average molecular weight is 255 g/mol. The van der Waals surface area contributed by atoms with Gasteiger partial charge in [-0.15, -0.1) is 0 Å². The summed E-state index contributed by atoms with van der Waals surface area (Å²) in [6.07, 6.45) is 4.97. The summed E-state index contributed by atoms with van der Waals surface area (Å²) in [7, 11) is 4.10. The smallest absolute Gasteiger partial charge is 0.227 e. The lowest BCUT2D eigenvalue weighted by Crippen LogP contribution is -2.42. The molecule has 1 unspecified atom stereocenters. The minimum Gasteiger partial charge on any atom is -0.470 e. The maximum absolute atomic E-state index is 5.90. The molecule has 2 aliphatic heterocycles. The van der Waals surface area contributed by atoms with E-state index in [4.69, 9.17) is 9.57 Å². The van der Waals surface area contributed by atoms with Crippen LogP contribution in [0.25, 0.3) is 0 Å². The second-order valence-corrected chi connectivity index (χ2v) is 5.44. The molecule has 0 bridgehead atoms. The molecule has 0 aromatic heterocycles. The molecule has 2 rings (SSSR count). The van der Waals surface area contributed by atoms with Crippen LogP contribution >= 0.6 is 0 Å². The Hall–Kier alpha value is -0.810. The standard InChI is InChI=1S/C13H25N3O2/c1-15(2)9-6-13-14-17-11-12(18-13)10-16-7-4-3-5-8-16/h12H,3-11H2,1-2H3. The van der Waals surface area contributed by atoms with Crippen molar-refractivity contribution < 1.29 is 9.57 Å². The predicted molar refractivity (Wildman–Crippen MR) is 71.7 cm³/mol. The first kappa shape index (κ1) is 13.6. The van der Waals surface area contributed by atoms with Crippen LogP contribution in [0.3, 0.4) is 0 Å². The van der Waals surface area contributed by atoms with Crippen LogP contribution in [0.15, 0.2) is 5.16 Å². The fourth-order valence-corrected chi connectivity index (χ4v) is 2.38. The number of hydrogen-bond acceptors (Lipinski definition) is 5. The van der Waals surface area contributed by atoms with Crippen LogP contribution in [0, 0.1) is 0 Å². The van der Waals surface area contributed by atoms with E-state index in [0.29, 0.717) is 6.61 Å². The van der Waals surface area contributed by atoms with Crippen molar-refractivity contribution in [3.05, 3.63) is 0 Å². The van der Waals surface area contributed by atoms with Crippen molar-refractivity contribution >= 4 is 5.90 Å². The van der Waals surface area contributed by atoms with E-state index in [2.05, 4.69) is 29.1 Å². The van der Waals surface area contributed by atoms with Crippen LogP contribution in [-0.4, -0.2) is 68.7 Å². The van der Waals surface area contributed by atoms with Crippen LogP contribution in [0.2, 0.25) is 0 Å². The van der Waals surface area contributed by atoms with Gasteiger partial charge in [-0.05, 0) is 40.0 Å². The zero-order valence-electron chi connectivity index (χ0n) is 11.6. The van der Waals surface area contributed by atoms with Crippen LogP contribution in [-0.2, 0) is 9.57 Å². The van der Waals surface area contributed by atoms with Crippen molar-refractivity contribution in [2.24, 2.45) is 5.16 Å². The molecule has 0 aromatic rings. The SMILES string of the molecule is CN(C)CCC1=NOCC(CN2CCCCC2)O1. The molecule has 1 saturated heterocycles. The lowest BCUT2D eigenvalue weighted by Gasteiger charge is -2.31. The summed E-state index contributed by atoms with van der Waals surface area (Å²) in [5, 5.41) is 3.99. The molecule has 1 atom stereocenters.